The van der Waals surface area contributed by atoms with Gasteiger partial charge in [0.1, 0.15) is 5.69 Å². The molecule has 0 saturated carbocycles. The van der Waals surface area contributed by atoms with E-state index in [1.54, 1.807) is 24.3 Å². The Kier molecular flexibility index (Phi) is 2.79. The Bertz CT molecular complexity index is 600. The summed E-state index contributed by atoms with van der Waals surface area (Å²) in [6, 6.07) is 11.4. The van der Waals surface area contributed by atoms with Crippen LogP contribution < -0.4 is 0 Å². The van der Waals surface area contributed by atoms with E-state index in [0.29, 0.717) is 16.8 Å². The SMILES string of the molecule is N#Cc1ccc(-c2ncccc2[N+](=O)[O-])cc1. The molecular formula is C12H7N3O2. The minimum absolute atomic E-state index is 0.0443. The molecule has 17 heavy (non-hydrogen) atoms. The van der Waals surface area contributed by atoms with Crippen LogP contribution in [0.1, 0.15) is 5.56 Å². The van der Waals surface area contributed by atoms with E-state index in [-0.39, 0.29) is 5.69 Å². The summed E-state index contributed by atoms with van der Waals surface area (Å²) in [5, 5.41) is 19.5. The molecule has 82 valence electrons. The lowest BCUT2D eigenvalue weighted by atomic mass is 10.1. The molecule has 0 saturated heterocycles. The van der Waals surface area contributed by atoms with Gasteiger partial charge < -0.3 is 0 Å². The van der Waals surface area contributed by atoms with Crippen molar-refractivity contribution in [3.05, 3.63) is 58.3 Å². The quantitative estimate of drug-likeness (QED) is 0.581. The van der Waals surface area contributed by atoms with Crippen LogP contribution in [0.5, 0.6) is 0 Å². The monoisotopic (exact) mass is 225 g/mol. The van der Waals surface area contributed by atoms with Crippen LogP contribution in [0.25, 0.3) is 11.3 Å². The first kappa shape index (κ1) is 10.8. The van der Waals surface area contributed by atoms with Gasteiger partial charge >= 0.3 is 0 Å². The van der Waals surface area contributed by atoms with E-state index in [1.807, 2.05) is 6.07 Å². The molecule has 0 aliphatic rings. The highest BCUT2D eigenvalue weighted by molar-refractivity contribution is 5.69. The van der Waals surface area contributed by atoms with Crippen molar-refractivity contribution in [3.63, 3.8) is 0 Å². The number of nitrogens with zero attached hydrogens (tertiary/aromatic N) is 3. The number of aromatic nitrogens is 1. The van der Waals surface area contributed by atoms with Crippen molar-refractivity contribution < 1.29 is 4.92 Å². The van der Waals surface area contributed by atoms with Crippen LogP contribution in [0.4, 0.5) is 5.69 Å². The maximum atomic E-state index is 10.8. The highest BCUT2D eigenvalue weighted by Gasteiger charge is 2.15. The number of hydrogen-bond acceptors (Lipinski definition) is 4. The van der Waals surface area contributed by atoms with Crippen LogP contribution >= 0.6 is 0 Å². The van der Waals surface area contributed by atoms with Gasteiger partial charge in [-0.15, -0.1) is 0 Å². The second-order valence-electron chi connectivity index (χ2n) is 3.32. The molecule has 0 amide bonds. The molecule has 2 aromatic rings. The van der Waals surface area contributed by atoms with Gasteiger partial charge in [0.05, 0.1) is 16.6 Å². The molecule has 0 unspecified atom stereocenters. The number of benzene rings is 1. The Labute approximate surface area is 97.1 Å². The molecule has 2 rings (SSSR count). The molecule has 0 bridgehead atoms. The summed E-state index contributed by atoms with van der Waals surface area (Å²) in [6.45, 7) is 0. The highest BCUT2D eigenvalue weighted by atomic mass is 16.6. The first-order chi connectivity index (χ1) is 8.22. The second kappa shape index (κ2) is 4.41. The van der Waals surface area contributed by atoms with Gasteiger partial charge in [0.15, 0.2) is 0 Å². The number of rotatable bonds is 2. The molecule has 0 aliphatic carbocycles. The van der Waals surface area contributed by atoms with E-state index in [0.717, 1.165) is 0 Å². The van der Waals surface area contributed by atoms with Gasteiger partial charge in [0.2, 0.25) is 0 Å². The molecule has 0 radical (unpaired) electrons. The Morgan fingerprint density at radius 3 is 2.53 bits per heavy atom. The van der Waals surface area contributed by atoms with Gasteiger partial charge in [-0.1, -0.05) is 12.1 Å². The van der Waals surface area contributed by atoms with Gasteiger partial charge in [0, 0.05) is 17.8 Å². The zero-order chi connectivity index (χ0) is 12.3. The summed E-state index contributed by atoms with van der Waals surface area (Å²) in [7, 11) is 0. The molecule has 0 spiro atoms. The molecule has 0 fully saturated rings. The van der Waals surface area contributed by atoms with Crippen LogP contribution in [-0.4, -0.2) is 9.91 Å². The van der Waals surface area contributed by atoms with Crippen LogP contribution in [0.2, 0.25) is 0 Å². The molecule has 5 heteroatoms. The van der Waals surface area contributed by atoms with Crippen LogP contribution in [0.15, 0.2) is 42.6 Å². The smallest absolute Gasteiger partial charge is 0.258 e. The molecule has 0 atom stereocenters. The summed E-state index contributed by atoms with van der Waals surface area (Å²) >= 11 is 0. The van der Waals surface area contributed by atoms with Crippen molar-refractivity contribution >= 4 is 5.69 Å². The topological polar surface area (TPSA) is 79.8 Å². The number of nitriles is 1. The zero-order valence-corrected chi connectivity index (χ0v) is 8.70. The summed E-state index contributed by atoms with van der Waals surface area (Å²) in [5.74, 6) is 0. The lowest BCUT2D eigenvalue weighted by molar-refractivity contribution is -0.384. The second-order valence-corrected chi connectivity index (χ2v) is 3.32. The van der Waals surface area contributed by atoms with Gasteiger partial charge in [-0.2, -0.15) is 5.26 Å². The van der Waals surface area contributed by atoms with Crippen molar-refractivity contribution in [3.8, 4) is 17.3 Å². The van der Waals surface area contributed by atoms with Crippen molar-refractivity contribution in [2.24, 2.45) is 0 Å². The fourth-order valence-corrected chi connectivity index (χ4v) is 1.47. The normalized spacial score (nSPS) is 9.59. The first-order valence-corrected chi connectivity index (χ1v) is 4.82. The van der Waals surface area contributed by atoms with E-state index in [9.17, 15) is 10.1 Å². The zero-order valence-electron chi connectivity index (χ0n) is 8.70. The molecular weight excluding hydrogens is 218 g/mol. The lowest BCUT2D eigenvalue weighted by Gasteiger charge is -2.01. The van der Waals surface area contributed by atoms with Crippen molar-refractivity contribution in [2.75, 3.05) is 0 Å². The maximum Gasteiger partial charge on any atom is 0.295 e. The van der Waals surface area contributed by atoms with Gasteiger partial charge in [-0.05, 0) is 18.2 Å². The summed E-state index contributed by atoms with van der Waals surface area (Å²) in [4.78, 5) is 14.4. The lowest BCUT2D eigenvalue weighted by Crippen LogP contribution is -1.94. The predicted molar refractivity (Wildman–Crippen MR) is 61.0 cm³/mol. The number of nitro groups is 1. The minimum atomic E-state index is -0.472. The maximum absolute atomic E-state index is 10.8. The number of pyridine rings is 1. The van der Waals surface area contributed by atoms with Gasteiger partial charge in [0.25, 0.3) is 5.69 Å². The van der Waals surface area contributed by atoms with Gasteiger partial charge in [-0.25, -0.2) is 4.98 Å². The molecule has 1 aromatic heterocycles. The first-order valence-electron chi connectivity index (χ1n) is 4.82. The third-order valence-corrected chi connectivity index (χ3v) is 2.27. The van der Waals surface area contributed by atoms with Crippen LogP contribution in [0.3, 0.4) is 0 Å². The van der Waals surface area contributed by atoms with Crippen LogP contribution in [0, 0.1) is 21.4 Å². The van der Waals surface area contributed by atoms with E-state index >= 15 is 0 Å². The summed E-state index contributed by atoms with van der Waals surface area (Å²) in [5.41, 5.74) is 1.39. The van der Waals surface area contributed by atoms with Crippen molar-refractivity contribution in [1.29, 1.82) is 5.26 Å². The van der Waals surface area contributed by atoms with Crippen LogP contribution in [-0.2, 0) is 0 Å². The molecule has 0 aliphatic heterocycles. The highest BCUT2D eigenvalue weighted by Crippen LogP contribution is 2.26. The van der Waals surface area contributed by atoms with E-state index < -0.39 is 4.92 Å². The molecule has 5 nitrogen and oxygen atoms in total. The molecule has 1 aromatic carbocycles. The standard InChI is InChI=1S/C12H7N3O2/c13-8-9-3-5-10(6-4-9)12-11(15(16)17)2-1-7-14-12/h1-7H. The Morgan fingerprint density at radius 1 is 1.24 bits per heavy atom. The third kappa shape index (κ3) is 2.11. The number of hydrogen-bond donors (Lipinski definition) is 0. The Balaban J connectivity index is 2.53. The van der Waals surface area contributed by atoms with Crippen molar-refractivity contribution in [2.45, 2.75) is 0 Å². The average Bonchev–Trinajstić information content (AvgIpc) is 2.39. The Morgan fingerprint density at radius 2 is 1.94 bits per heavy atom. The largest absolute Gasteiger partial charge is 0.295 e. The average molecular weight is 225 g/mol. The van der Waals surface area contributed by atoms with Crippen molar-refractivity contribution in [1.82, 2.24) is 4.98 Å². The third-order valence-electron chi connectivity index (χ3n) is 2.27. The fraction of sp³-hybridized carbons (Fsp3) is 0. The molecule has 1 heterocycles. The summed E-state index contributed by atoms with van der Waals surface area (Å²) in [6.07, 6.45) is 1.50. The van der Waals surface area contributed by atoms with E-state index in [4.69, 9.17) is 5.26 Å². The van der Waals surface area contributed by atoms with E-state index in [2.05, 4.69) is 4.98 Å². The minimum Gasteiger partial charge on any atom is -0.258 e. The fourth-order valence-electron chi connectivity index (χ4n) is 1.47. The predicted octanol–water partition coefficient (Wildman–Crippen LogP) is 2.53. The summed E-state index contributed by atoms with van der Waals surface area (Å²) < 4.78 is 0. The Hall–Kier alpha value is -2.74. The molecule has 0 N–H and O–H groups in total. The van der Waals surface area contributed by atoms with E-state index in [1.165, 1.54) is 18.3 Å². The van der Waals surface area contributed by atoms with Gasteiger partial charge in [-0.3, -0.25) is 10.1 Å².